The number of carbonyl (C=O) groups excluding carboxylic acids is 3. The normalized spacial score (nSPS) is 16.9. The van der Waals surface area contributed by atoms with E-state index in [4.69, 9.17) is 4.42 Å². The zero-order chi connectivity index (χ0) is 19.2. The average molecular weight is 391 g/mol. The number of hydrogen-bond donors (Lipinski definition) is 3. The summed E-state index contributed by atoms with van der Waals surface area (Å²) >= 11 is -0.358. The van der Waals surface area contributed by atoms with E-state index < -0.39 is 17.1 Å². The van der Waals surface area contributed by atoms with Crippen LogP contribution >= 0.6 is 12.1 Å². The van der Waals surface area contributed by atoms with Crippen molar-refractivity contribution in [3.8, 4) is 0 Å². The summed E-state index contributed by atoms with van der Waals surface area (Å²) in [5.74, 6) is -0.000967. The Bertz CT molecular complexity index is 841. The molecule has 2 aromatic rings. The molecule has 3 N–H and O–H groups in total. The smallest absolute Gasteiger partial charge is 0.251 e. The first-order valence-electron chi connectivity index (χ1n) is 8.36. The zero-order valence-corrected chi connectivity index (χ0v) is 15.1. The molecule has 0 saturated carbocycles. The summed E-state index contributed by atoms with van der Waals surface area (Å²) in [6.45, 7) is 0.550. The van der Waals surface area contributed by atoms with Crippen LogP contribution in [0.25, 0.3) is 0 Å². The van der Waals surface area contributed by atoms with Crippen LogP contribution in [0, 0.1) is 0 Å². The van der Waals surface area contributed by atoms with Crippen LogP contribution in [0.2, 0.25) is 0 Å². The third-order valence-electron chi connectivity index (χ3n) is 4.26. The molecule has 1 aliphatic rings. The Kier molecular flexibility index (Phi) is 6.25. The highest BCUT2D eigenvalue weighted by atomic mass is 32.2. The van der Waals surface area contributed by atoms with E-state index in [-0.39, 0.29) is 36.6 Å². The molecule has 1 atom stereocenters. The molecule has 7 nitrogen and oxygen atoms in total. The van der Waals surface area contributed by atoms with Crippen molar-refractivity contribution < 1.29 is 22.7 Å². The third kappa shape index (κ3) is 4.75. The lowest BCUT2D eigenvalue weighted by atomic mass is 10.0. The lowest BCUT2D eigenvalue weighted by Crippen LogP contribution is -2.50. The standard InChI is InChI=1S/C18H18FN3O4S/c19-27-18(25)12-4-1-5-14(20-9-11-3-2-8-26-11)13(12)10-21-15-6-7-16(23)22-17(15)24/h1-5,8,15,20-21H,6-7,9-10H2,(H,22,23,24)/t15-/m0/s1. The van der Waals surface area contributed by atoms with E-state index in [1.54, 1.807) is 30.5 Å². The number of nitrogens with one attached hydrogen (secondary N) is 3. The van der Waals surface area contributed by atoms with Gasteiger partial charge in [0.2, 0.25) is 11.8 Å². The van der Waals surface area contributed by atoms with Gasteiger partial charge in [0.05, 0.1) is 18.8 Å². The summed E-state index contributed by atoms with van der Waals surface area (Å²) in [5, 5.41) is 7.78. The first-order valence-corrected chi connectivity index (χ1v) is 9.08. The van der Waals surface area contributed by atoms with Gasteiger partial charge in [0.15, 0.2) is 0 Å². The maximum atomic E-state index is 12.9. The van der Waals surface area contributed by atoms with E-state index in [0.29, 0.717) is 30.0 Å². The number of furan rings is 1. The van der Waals surface area contributed by atoms with E-state index in [0.717, 1.165) is 0 Å². The summed E-state index contributed by atoms with van der Waals surface area (Å²) in [7, 11) is 0. The van der Waals surface area contributed by atoms with Crippen molar-refractivity contribution in [3.63, 3.8) is 0 Å². The van der Waals surface area contributed by atoms with Crippen LogP contribution < -0.4 is 16.0 Å². The van der Waals surface area contributed by atoms with Crippen molar-refractivity contribution in [2.45, 2.75) is 32.0 Å². The molecule has 9 heteroatoms. The summed E-state index contributed by atoms with van der Waals surface area (Å²) in [6, 6.07) is 7.98. The minimum Gasteiger partial charge on any atom is -0.467 e. The number of carbonyl (C=O) groups is 3. The number of imide groups is 1. The molecule has 1 fully saturated rings. The highest BCUT2D eigenvalue weighted by Crippen LogP contribution is 2.25. The molecular formula is C18H18FN3O4S. The summed E-state index contributed by atoms with van der Waals surface area (Å²) in [6.07, 6.45) is 2.17. The summed E-state index contributed by atoms with van der Waals surface area (Å²) < 4.78 is 18.2. The molecule has 3 rings (SSSR count). The largest absolute Gasteiger partial charge is 0.467 e. The fourth-order valence-corrected chi connectivity index (χ4v) is 3.16. The van der Waals surface area contributed by atoms with Crippen molar-refractivity contribution in [1.82, 2.24) is 10.6 Å². The van der Waals surface area contributed by atoms with Crippen LogP contribution in [0.15, 0.2) is 41.0 Å². The number of piperidine rings is 1. The fraction of sp³-hybridized carbons (Fsp3) is 0.278. The van der Waals surface area contributed by atoms with E-state index in [2.05, 4.69) is 16.0 Å². The second-order valence-corrected chi connectivity index (χ2v) is 6.54. The number of hydrogen-bond acceptors (Lipinski definition) is 7. The highest BCUT2D eigenvalue weighted by Gasteiger charge is 2.27. The number of rotatable bonds is 7. The Morgan fingerprint density at radius 1 is 1.26 bits per heavy atom. The zero-order valence-electron chi connectivity index (χ0n) is 14.3. The molecule has 0 bridgehead atoms. The van der Waals surface area contributed by atoms with Crippen LogP contribution in [0.5, 0.6) is 0 Å². The predicted molar refractivity (Wildman–Crippen MR) is 98.5 cm³/mol. The number of anilines is 1. The summed E-state index contributed by atoms with van der Waals surface area (Å²) in [5.41, 5.74) is 1.39. The van der Waals surface area contributed by atoms with Gasteiger partial charge >= 0.3 is 0 Å². The Balaban J connectivity index is 1.78. The molecule has 1 aromatic heterocycles. The Morgan fingerprint density at radius 3 is 2.81 bits per heavy atom. The van der Waals surface area contributed by atoms with Gasteiger partial charge in [-0.15, -0.1) is 0 Å². The maximum absolute atomic E-state index is 12.9. The Morgan fingerprint density at radius 2 is 2.11 bits per heavy atom. The van der Waals surface area contributed by atoms with Gasteiger partial charge in [-0.05, 0) is 30.7 Å². The Hall–Kier alpha value is -2.65. The lowest BCUT2D eigenvalue weighted by Gasteiger charge is -2.23. The van der Waals surface area contributed by atoms with E-state index in [9.17, 15) is 18.3 Å². The molecule has 0 unspecified atom stereocenters. The quantitative estimate of drug-likeness (QED) is 0.624. The average Bonchev–Trinajstić information content (AvgIpc) is 3.19. The van der Waals surface area contributed by atoms with Gasteiger partial charge in [-0.3, -0.25) is 19.7 Å². The first-order chi connectivity index (χ1) is 13.1. The minimum atomic E-state index is -0.711. The molecular weight excluding hydrogens is 373 g/mol. The van der Waals surface area contributed by atoms with Gasteiger partial charge in [-0.1, -0.05) is 6.07 Å². The monoisotopic (exact) mass is 391 g/mol. The predicted octanol–water partition coefficient (Wildman–Crippen LogP) is 2.54. The van der Waals surface area contributed by atoms with Gasteiger partial charge < -0.3 is 15.1 Å². The lowest BCUT2D eigenvalue weighted by molar-refractivity contribution is -0.134. The van der Waals surface area contributed by atoms with Crippen LogP contribution in [0.1, 0.15) is 34.5 Å². The van der Waals surface area contributed by atoms with Crippen molar-refractivity contribution in [1.29, 1.82) is 0 Å². The van der Waals surface area contributed by atoms with Gasteiger partial charge in [0, 0.05) is 29.8 Å². The van der Waals surface area contributed by atoms with E-state index >= 15 is 0 Å². The van der Waals surface area contributed by atoms with Crippen molar-refractivity contribution in [2.24, 2.45) is 0 Å². The van der Waals surface area contributed by atoms with Gasteiger partial charge in [-0.25, -0.2) is 0 Å². The molecule has 0 radical (unpaired) electrons. The molecule has 1 aromatic carbocycles. The molecule has 27 heavy (non-hydrogen) atoms. The summed E-state index contributed by atoms with van der Waals surface area (Å²) in [4.78, 5) is 35.1. The van der Waals surface area contributed by atoms with Gasteiger partial charge in [0.1, 0.15) is 17.9 Å². The van der Waals surface area contributed by atoms with Crippen molar-refractivity contribution in [2.75, 3.05) is 5.32 Å². The number of benzene rings is 1. The van der Waals surface area contributed by atoms with Crippen LogP contribution in [0.4, 0.5) is 9.57 Å². The highest BCUT2D eigenvalue weighted by molar-refractivity contribution is 8.09. The Labute approximate surface area is 159 Å². The molecule has 0 spiro atoms. The molecule has 2 heterocycles. The molecule has 2 amide bonds. The van der Waals surface area contributed by atoms with Crippen LogP contribution in [-0.4, -0.2) is 23.0 Å². The SMILES string of the molecule is O=C1CC[C@H](NCc2c(NCc3ccco3)cccc2C(=O)SF)C(=O)N1. The van der Waals surface area contributed by atoms with Crippen molar-refractivity contribution in [3.05, 3.63) is 53.5 Å². The van der Waals surface area contributed by atoms with Crippen LogP contribution in [-0.2, 0) is 22.7 Å². The van der Waals surface area contributed by atoms with Crippen LogP contribution in [0.3, 0.4) is 0 Å². The molecule has 0 aliphatic carbocycles. The van der Waals surface area contributed by atoms with E-state index in [1.807, 2.05) is 0 Å². The molecule has 1 aliphatic heterocycles. The number of amides is 2. The first kappa shape index (κ1) is 19.1. The molecule has 142 valence electrons. The van der Waals surface area contributed by atoms with Gasteiger partial charge in [0.25, 0.3) is 5.12 Å². The topological polar surface area (TPSA) is 100 Å². The number of halogens is 1. The minimum absolute atomic E-state index is 0.162. The van der Waals surface area contributed by atoms with Gasteiger partial charge in [-0.2, -0.15) is 3.89 Å². The van der Waals surface area contributed by atoms with E-state index in [1.165, 1.54) is 6.07 Å². The third-order valence-corrected chi connectivity index (χ3v) is 4.62. The second kappa shape index (κ2) is 8.83. The molecule has 1 saturated heterocycles. The fourth-order valence-electron chi connectivity index (χ4n) is 2.88. The van der Waals surface area contributed by atoms with Crippen molar-refractivity contribution >= 4 is 34.8 Å². The maximum Gasteiger partial charge on any atom is 0.251 e. The second-order valence-electron chi connectivity index (χ2n) is 6.01.